The summed E-state index contributed by atoms with van der Waals surface area (Å²) in [5.41, 5.74) is 0.879. The number of amides is 1. The Kier molecular flexibility index (Phi) is 4.54. The van der Waals surface area contributed by atoms with Gasteiger partial charge in [-0.2, -0.15) is 0 Å². The zero-order chi connectivity index (χ0) is 14.7. The number of benzene rings is 1. The van der Waals surface area contributed by atoms with E-state index in [4.69, 9.17) is 0 Å². The molecule has 0 spiro atoms. The number of carbonyl (C=O) groups excluding carboxylic acids is 1. The van der Waals surface area contributed by atoms with Crippen LogP contribution in [0.15, 0.2) is 24.3 Å². The average molecular weight is 290 g/mol. The molecule has 1 heterocycles. The van der Waals surface area contributed by atoms with Crippen LogP contribution in [-0.2, 0) is 11.3 Å². The quantitative estimate of drug-likeness (QED) is 0.925. The lowest BCUT2D eigenvalue weighted by Crippen LogP contribution is -2.46. The molecule has 1 amide bonds. The molecule has 21 heavy (non-hydrogen) atoms. The second-order valence-corrected chi connectivity index (χ2v) is 6.18. The van der Waals surface area contributed by atoms with E-state index in [1.807, 2.05) is 11.0 Å². The van der Waals surface area contributed by atoms with Gasteiger partial charge in [0.1, 0.15) is 5.82 Å². The number of hydrogen-bond acceptors (Lipinski definition) is 2. The molecule has 1 aliphatic carbocycles. The van der Waals surface area contributed by atoms with Crippen molar-refractivity contribution >= 4 is 5.91 Å². The number of halogens is 1. The average Bonchev–Trinajstić information content (AvgIpc) is 3.30. The zero-order valence-electron chi connectivity index (χ0n) is 12.4. The fraction of sp³-hybridized carbons (Fsp3) is 0.588. The van der Waals surface area contributed by atoms with Crippen LogP contribution < -0.4 is 5.32 Å². The molecular formula is C17H23FN2O. The summed E-state index contributed by atoms with van der Waals surface area (Å²) in [5, 5.41) is 3.38. The normalized spacial score (nSPS) is 22.6. The minimum absolute atomic E-state index is 0.0540. The molecular weight excluding hydrogens is 267 g/mol. The van der Waals surface area contributed by atoms with Crippen LogP contribution in [0.3, 0.4) is 0 Å². The van der Waals surface area contributed by atoms with Crippen LogP contribution >= 0.6 is 0 Å². The predicted molar refractivity (Wildman–Crippen MR) is 80.2 cm³/mol. The standard InChI is InChI=1S/C17H23FN2O/c18-14-6-4-5-13(11-14)12-20(15-8-9-15)17(21)16-7-2-1-3-10-19-16/h4-6,11,15-16,19H,1-3,7-10,12H2. The Morgan fingerprint density at radius 3 is 2.86 bits per heavy atom. The molecule has 2 aliphatic rings. The number of nitrogens with one attached hydrogen (secondary N) is 1. The van der Waals surface area contributed by atoms with Crippen molar-refractivity contribution in [2.75, 3.05) is 6.54 Å². The van der Waals surface area contributed by atoms with Gasteiger partial charge >= 0.3 is 0 Å². The summed E-state index contributed by atoms with van der Waals surface area (Å²) < 4.78 is 13.3. The summed E-state index contributed by atoms with van der Waals surface area (Å²) >= 11 is 0. The summed E-state index contributed by atoms with van der Waals surface area (Å²) in [7, 11) is 0. The molecule has 1 aromatic carbocycles. The van der Waals surface area contributed by atoms with E-state index in [2.05, 4.69) is 5.32 Å². The first kappa shape index (κ1) is 14.5. The molecule has 1 aromatic rings. The monoisotopic (exact) mass is 290 g/mol. The Hall–Kier alpha value is -1.42. The second-order valence-electron chi connectivity index (χ2n) is 6.18. The van der Waals surface area contributed by atoms with E-state index in [0.29, 0.717) is 12.6 Å². The van der Waals surface area contributed by atoms with Gasteiger partial charge in [-0.15, -0.1) is 0 Å². The third kappa shape index (κ3) is 3.82. The smallest absolute Gasteiger partial charge is 0.240 e. The molecule has 114 valence electrons. The van der Waals surface area contributed by atoms with E-state index >= 15 is 0 Å². The lowest BCUT2D eigenvalue weighted by atomic mass is 10.1. The van der Waals surface area contributed by atoms with Crippen LogP contribution in [0.5, 0.6) is 0 Å². The topological polar surface area (TPSA) is 32.3 Å². The van der Waals surface area contributed by atoms with E-state index in [-0.39, 0.29) is 17.8 Å². The van der Waals surface area contributed by atoms with Gasteiger partial charge in [-0.05, 0) is 49.9 Å². The summed E-state index contributed by atoms with van der Waals surface area (Å²) in [4.78, 5) is 14.7. The van der Waals surface area contributed by atoms with Crippen LogP contribution in [0.1, 0.15) is 44.1 Å². The lowest BCUT2D eigenvalue weighted by Gasteiger charge is -2.27. The van der Waals surface area contributed by atoms with Crippen molar-refractivity contribution in [1.29, 1.82) is 0 Å². The van der Waals surface area contributed by atoms with Crippen LogP contribution in [0.4, 0.5) is 4.39 Å². The van der Waals surface area contributed by atoms with Gasteiger partial charge in [0.05, 0.1) is 6.04 Å². The molecule has 1 atom stereocenters. The Balaban J connectivity index is 1.70. The molecule has 0 aromatic heterocycles. The van der Waals surface area contributed by atoms with E-state index in [0.717, 1.165) is 44.2 Å². The van der Waals surface area contributed by atoms with Gasteiger partial charge in [0, 0.05) is 12.6 Å². The number of hydrogen-bond donors (Lipinski definition) is 1. The molecule has 0 radical (unpaired) electrons. The summed E-state index contributed by atoms with van der Waals surface area (Å²) in [5.74, 6) is -0.0352. The van der Waals surface area contributed by atoms with Crippen molar-refractivity contribution < 1.29 is 9.18 Å². The van der Waals surface area contributed by atoms with E-state index in [1.54, 1.807) is 6.07 Å². The van der Waals surface area contributed by atoms with Crippen LogP contribution in [0, 0.1) is 5.82 Å². The predicted octanol–water partition coefficient (Wildman–Crippen LogP) is 2.85. The zero-order valence-corrected chi connectivity index (χ0v) is 12.4. The fourth-order valence-electron chi connectivity index (χ4n) is 3.04. The third-order valence-electron chi connectivity index (χ3n) is 4.37. The van der Waals surface area contributed by atoms with Gasteiger partial charge in [0.2, 0.25) is 5.91 Å². The van der Waals surface area contributed by atoms with Crippen molar-refractivity contribution in [3.05, 3.63) is 35.6 Å². The maximum absolute atomic E-state index is 13.3. The Morgan fingerprint density at radius 2 is 2.10 bits per heavy atom. The molecule has 2 fully saturated rings. The van der Waals surface area contributed by atoms with Crippen molar-refractivity contribution in [1.82, 2.24) is 10.2 Å². The molecule has 4 heteroatoms. The Morgan fingerprint density at radius 1 is 1.24 bits per heavy atom. The van der Waals surface area contributed by atoms with Crippen molar-refractivity contribution in [2.45, 2.75) is 57.2 Å². The highest BCUT2D eigenvalue weighted by molar-refractivity contribution is 5.82. The van der Waals surface area contributed by atoms with Gasteiger partial charge in [0.15, 0.2) is 0 Å². The Labute approximate surface area is 125 Å². The highest BCUT2D eigenvalue weighted by Crippen LogP contribution is 2.29. The summed E-state index contributed by atoms with van der Waals surface area (Å²) in [6.45, 7) is 1.45. The van der Waals surface area contributed by atoms with Crippen LogP contribution in [0.25, 0.3) is 0 Å². The molecule has 1 aliphatic heterocycles. The summed E-state index contributed by atoms with van der Waals surface area (Å²) in [6, 6.07) is 6.88. The first-order valence-corrected chi connectivity index (χ1v) is 8.02. The van der Waals surface area contributed by atoms with Crippen molar-refractivity contribution in [2.24, 2.45) is 0 Å². The van der Waals surface area contributed by atoms with Crippen LogP contribution in [-0.4, -0.2) is 29.4 Å². The van der Waals surface area contributed by atoms with Gasteiger partial charge in [-0.1, -0.05) is 25.0 Å². The molecule has 1 saturated carbocycles. The molecule has 3 rings (SSSR count). The number of rotatable bonds is 4. The first-order valence-electron chi connectivity index (χ1n) is 8.02. The highest BCUT2D eigenvalue weighted by Gasteiger charge is 2.35. The number of nitrogens with zero attached hydrogens (tertiary/aromatic N) is 1. The maximum atomic E-state index is 13.3. The van der Waals surface area contributed by atoms with E-state index in [9.17, 15) is 9.18 Å². The lowest BCUT2D eigenvalue weighted by molar-refractivity contribution is -0.134. The van der Waals surface area contributed by atoms with E-state index < -0.39 is 0 Å². The molecule has 3 nitrogen and oxygen atoms in total. The number of carbonyl (C=O) groups is 1. The maximum Gasteiger partial charge on any atom is 0.240 e. The SMILES string of the molecule is O=C(C1CCCCCN1)N(Cc1cccc(F)c1)C1CC1. The molecule has 1 N–H and O–H groups in total. The molecule has 0 bridgehead atoms. The minimum Gasteiger partial charge on any atom is -0.334 e. The van der Waals surface area contributed by atoms with Crippen LogP contribution in [0.2, 0.25) is 0 Å². The Bertz CT molecular complexity index is 493. The minimum atomic E-state index is -0.233. The van der Waals surface area contributed by atoms with Crippen molar-refractivity contribution in [3.63, 3.8) is 0 Å². The largest absolute Gasteiger partial charge is 0.334 e. The van der Waals surface area contributed by atoms with E-state index in [1.165, 1.54) is 18.6 Å². The van der Waals surface area contributed by atoms with Gasteiger partial charge in [0.25, 0.3) is 0 Å². The molecule has 1 saturated heterocycles. The highest BCUT2D eigenvalue weighted by atomic mass is 19.1. The summed E-state index contributed by atoms with van der Waals surface area (Å²) in [6.07, 6.45) is 6.54. The molecule has 1 unspecified atom stereocenters. The van der Waals surface area contributed by atoms with Gasteiger partial charge in [-0.25, -0.2) is 4.39 Å². The first-order chi connectivity index (χ1) is 10.2. The van der Waals surface area contributed by atoms with Gasteiger partial charge < -0.3 is 10.2 Å². The van der Waals surface area contributed by atoms with Crippen molar-refractivity contribution in [3.8, 4) is 0 Å². The van der Waals surface area contributed by atoms with Gasteiger partial charge in [-0.3, -0.25) is 4.79 Å². The third-order valence-corrected chi connectivity index (χ3v) is 4.37. The second kappa shape index (κ2) is 6.56. The fourth-order valence-corrected chi connectivity index (χ4v) is 3.04.